The molecule has 0 aliphatic carbocycles. The zero-order chi connectivity index (χ0) is 21.1. The minimum absolute atomic E-state index is 0.0557. The Balaban J connectivity index is 1.71. The van der Waals surface area contributed by atoms with Crippen molar-refractivity contribution in [1.29, 1.82) is 0 Å². The molecular weight excluding hydrogens is 403 g/mol. The Kier molecular flexibility index (Phi) is 5.20. The fourth-order valence-corrected chi connectivity index (χ4v) is 4.42. The van der Waals surface area contributed by atoms with E-state index in [1.807, 2.05) is 6.07 Å². The first-order valence-electron chi connectivity index (χ1n) is 9.10. The first kappa shape index (κ1) is 19.6. The van der Waals surface area contributed by atoms with Gasteiger partial charge in [-0.1, -0.05) is 42.5 Å². The average Bonchev–Trinajstić information content (AvgIpc) is 2.75. The molecule has 4 rings (SSSR count). The summed E-state index contributed by atoms with van der Waals surface area (Å²) >= 11 is 0. The van der Waals surface area contributed by atoms with Crippen molar-refractivity contribution in [2.24, 2.45) is 0 Å². The van der Waals surface area contributed by atoms with E-state index in [0.717, 1.165) is 0 Å². The Morgan fingerprint density at radius 2 is 1.40 bits per heavy atom. The first-order chi connectivity index (χ1) is 14.4. The van der Waals surface area contributed by atoms with Crippen LogP contribution in [0, 0.1) is 5.82 Å². The highest BCUT2D eigenvalue weighted by molar-refractivity contribution is 7.93. The van der Waals surface area contributed by atoms with Gasteiger partial charge in [0.05, 0.1) is 4.90 Å². The molecule has 7 heteroatoms. The molecule has 0 aromatic heterocycles. The van der Waals surface area contributed by atoms with Crippen LogP contribution in [-0.2, 0) is 10.0 Å². The third kappa shape index (κ3) is 4.01. The summed E-state index contributed by atoms with van der Waals surface area (Å²) in [5, 5.41) is 3.88. The van der Waals surface area contributed by atoms with Crippen LogP contribution in [0.4, 0.5) is 15.8 Å². The molecule has 1 amide bonds. The largest absolute Gasteiger partial charge is 0.321 e. The van der Waals surface area contributed by atoms with Crippen LogP contribution in [0.5, 0.6) is 0 Å². The van der Waals surface area contributed by atoms with Crippen molar-refractivity contribution < 1.29 is 17.6 Å². The minimum Gasteiger partial charge on any atom is -0.321 e. The van der Waals surface area contributed by atoms with Gasteiger partial charge in [-0.05, 0) is 48.5 Å². The summed E-state index contributed by atoms with van der Waals surface area (Å²) in [4.78, 5) is 12.6. The predicted octanol–water partition coefficient (Wildman–Crippen LogP) is 5.03. The normalized spacial score (nSPS) is 11.2. The Hall–Kier alpha value is -3.71. The summed E-state index contributed by atoms with van der Waals surface area (Å²) in [5.41, 5.74) is 1.25. The third-order valence-electron chi connectivity index (χ3n) is 4.55. The average molecular weight is 420 g/mol. The van der Waals surface area contributed by atoms with Crippen molar-refractivity contribution in [3.63, 3.8) is 0 Å². The van der Waals surface area contributed by atoms with Crippen molar-refractivity contribution in [3.8, 4) is 0 Å². The van der Waals surface area contributed by atoms with E-state index >= 15 is 0 Å². The first-order valence-corrected chi connectivity index (χ1v) is 10.6. The van der Waals surface area contributed by atoms with Crippen molar-refractivity contribution in [3.05, 3.63) is 102 Å². The lowest BCUT2D eigenvalue weighted by atomic mass is 10.1. The zero-order valence-electron chi connectivity index (χ0n) is 15.7. The van der Waals surface area contributed by atoms with Gasteiger partial charge < -0.3 is 5.32 Å². The van der Waals surface area contributed by atoms with E-state index in [4.69, 9.17) is 0 Å². The minimum atomic E-state index is -3.94. The summed E-state index contributed by atoms with van der Waals surface area (Å²) in [6.07, 6.45) is 0. The van der Waals surface area contributed by atoms with E-state index in [-0.39, 0.29) is 16.5 Å². The molecule has 0 bridgehead atoms. The Bertz CT molecular complexity index is 1320. The highest BCUT2D eigenvalue weighted by Gasteiger charge is 2.19. The molecule has 0 saturated carbocycles. The van der Waals surface area contributed by atoms with Gasteiger partial charge in [-0.3, -0.25) is 9.52 Å². The van der Waals surface area contributed by atoms with Gasteiger partial charge in [-0.15, -0.1) is 0 Å². The van der Waals surface area contributed by atoms with Crippen LogP contribution in [0.15, 0.2) is 95.9 Å². The molecule has 0 aliphatic rings. The van der Waals surface area contributed by atoms with Gasteiger partial charge in [0.1, 0.15) is 5.82 Å². The summed E-state index contributed by atoms with van der Waals surface area (Å²) in [6, 6.07) is 23.7. The fraction of sp³-hybridized carbons (Fsp3) is 0. The molecule has 0 unspecified atom stereocenters. The maximum atomic E-state index is 13.1. The van der Waals surface area contributed by atoms with E-state index in [1.54, 1.807) is 54.6 Å². The molecule has 0 fully saturated rings. The molecule has 4 aromatic carbocycles. The number of hydrogen-bond acceptors (Lipinski definition) is 3. The Labute approximate surface area is 173 Å². The van der Waals surface area contributed by atoms with Crippen molar-refractivity contribution >= 4 is 38.1 Å². The van der Waals surface area contributed by atoms with E-state index in [2.05, 4.69) is 10.0 Å². The molecule has 4 aromatic rings. The molecule has 0 radical (unpaired) electrons. The lowest BCUT2D eigenvalue weighted by Crippen LogP contribution is -2.14. The number of amides is 1. The number of halogens is 1. The van der Waals surface area contributed by atoms with Crippen LogP contribution in [0.25, 0.3) is 10.8 Å². The number of sulfonamides is 1. The second-order valence-electron chi connectivity index (χ2n) is 6.59. The smallest absolute Gasteiger partial charge is 0.262 e. The van der Waals surface area contributed by atoms with Crippen LogP contribution in [-0.4, -0.2) is 14.3 Å². The molecule has 150 valence electrons. The van der Waals surface area contributed by atoms with Gasteiger partial charge in [0.2, 0.25) is 0 Å². The molecule has 0 heterocycles. The molecule has 0 atom stereocenters. The van der Waals surface area contributed by atoms with Crippen molar-refractivity contribution in [1.82, 2.24) is 0 Å². The highest BCUT2D eigenvalue weighted by Crippen LogP contribution is 2.30. The van der Waals surface area contributed by atoms with Gasteiger partial charge in [0.15, 0.2) is 0 Å². The van der Waals surface area contributed by atoms with E-state index in [1.165, 1.54) is 30.3 Å². The van der Waals surface area contributed by atoms with Crippen LogP contribution < -0.4 is 10.0 Å². The van der Waals surface area contributed by atoms with Gasteiger partial charge in [-0.25, -0.2) is 12.8 Å². The van der Waals surface area contributed by atoms with Crippen LogP contribution in [0.3, 0.4) is 0 Å². The monoisotopic (exact) mass is 420 g/mol. The SMILES string of the molecule is O=C(Nc1cccc2c(S(=O)(=O)Nc3ccc(F)cc3)cccc12)c1ccccc1. The molecule has 2 N–H and O–H groups in total. The Morgan fingerprint density at radius 3 is 2.13 bits per heavy atom. The standard InChI is InChI=1S/C23H17FN2O3S/c24-17-12-14-18(15-13-17)26-30(28,29)22-11-5-8-19-20(22)9-4-10-21(19)25-23(27)16-6-2-1-3-7-16/h1-15,26H,(H,25,27). The predicted molar refractivity (Wildman–Crippen MR) is 116 cm³/mol. The number of benzene rings is 4. The second kappa shape index (κ2) is 7.96. The Morgan fingerprint density at radius 1 is 0.733 bits per heavy atom. The molecule has 0 aliphatic heterocycles. The van der Waals surface area contributed by atoms with Crippen molar-refractivity contribution in [2.75, 3.05) is 10.0 Å². The summed E-state index contributed by atoms with van der Waals surface area (Å²) in [6.45, 7) is 0. The van der Waals surface area contributed by atoms with E-state index in [9.17, 15) is 17.6 Å². The van der Waals surface area contributed by atoms with Crippen molar-refractivity contribution in [2.45, 2.75) is 4.90 Å². The summed E-state index contributed by atoms with van der Waals surface area (Å²) < 4.78 is 41.5. The summed E-state index contributed by atoms with van der Waals surface area (Å²) in [7, 11) is -3.94. The number of anilines is 2. The maximum absolute atomic E-state index is 13.1. The number of carbonyl (C=O) groups is 1. The molecule has 5 nitrogen and oxygen atoms in total. The van der Waals surface area contributed by atoms with Gasteiger partial charge in [0.25, 0.3) is 15.9 Å². The number of carbonyl (C=O) groups excluding carboxylic acids is 1. The third-order valence-corrected chi connectivity index (χ3v) is 5.99. The zero-order valence-corrected chi connectivity index (χ0v) is 16.5. The number of nitrogens with one attached hydrogen (secondary N) is 2. The van der Waals surface area contributed by atoms with Gasteiger partial charge in [-0.2, -0.15) is 0 Å². The lowest BCUT2D eigenvalue weighted by Gasteiger charge is -2.13. The molecule has 0 spiro atoms. The number of rotatable bonds is 5. The quantitative estimate of drug-likeness (QED) is 0.475. The molecule has 0 saturated heterocycles. The summed E-state index contributed by atoms with van der Waals surface area (Å²) in [5.74, 6) is -0.747. The molecule has 30 heavy (non-hydrogen) atoms. The highest BCUT2D eigenvalue weighted by atomic mass is 32.2. The van der Waals surface area contributed by atoms with Gasteiger partial charge in [0, 0.05) is 27.7 Å². The molecular formula is C23H17FN2O3S. The lowest BCUT2D eigenvalue weighted by molar-refractivity contribution is 0.102. The van der Waals surface area contributed by atoms with Crippen LogP contribution in [0.1, 0.15) is 10.4 Å². The maximum Gasteiger partial charge on any atom is 0.262 e. The van der Waals surface area contributed by atoms with Crippen LogP contribution >= 0.6 is 0 Å². The van der Waals surface area contributed by atoms with Crippen LogP contribution in [0.2, 0.25) is 0 Å². The van der Waals surface area contributed by atoms with Gasteiger partial charge >= 0.3 is 0 Å². The number of fused-ring (bicyclic) bond motifs is 1. The topological polar surface area (TPSA) is 75.3 Å². The number of hydrogen-bond donors (Lipinski definition) is 2. The van der Waals surface area contributed by atoms with E-state index < -0.39 is 15.8 Å². The second-order valence-corrected chi connectivity index (χ2v) is 8.24. The fourth-order valence-electron chi connectivity index (χ4n) is 3.14. The van der Waals surface area contributed by atoms with E-state index in [0.29, 0.717) is 22.0 Å².